The minimum atomic E-state index is 0.727. The van der Waals surface area contributed by atoms with Gasteiger partial charge in [-0.25, -0.2) is 4.98 Å². The number of fused-ring (bicyclic) bond motifs is 3. The number of nitrogens with zero attached hydrogens (tertiary/aromatic N) is 4. The van der Waals surface area contributed by atoms with E-state index in [-0.39, 0.29) is 0 Å². The summed E-state index contributed by atoms with van der Waals surface area (Å²) in [6.45, 7) is 7.55. The van der Waals surface area contributed by atoms with Crippen LogP contribution in [0.1, 0.15) is 13.8 Å². The maximum Gasteiger partial charge on any atom is 0.211 e. The summed E-state index contributed by atoms with van der Waals surface area (Å²) in [7, 11) is 0. The molecule has 0 radical (unpaired) electrons. The monoisotopic (exact) mass is 379 g/mol. The first-order valence-electron chi connectivity index (χ1n) is 7.38. The summed E-state index contributed by atoms with van der Waals surface area (Å²) in [6, 6.07) is 6.07. The summed E-state index contributed by atoms with van der Waals surface area (Å²) >= 11 is 5.14. The van der Waals surface area contributed by atoms with Crippen molar-refractivity contribution in [1.29, 1.82) is 0 Å². The lowest BCUT2D eigenvalue weighted by Gasteiger charge is -2.16. The molecule has 3 aromatic rings. The van der Waals surface area contributed by atoms with Gasteiger partial charge in [-0.05, 0) is 31.3 Å². The highest BCUT2D eigenvalue weighted by Crippen LogP contribution is 2.26. The van der Waals surface area contributed by atoms with Gasteiger partial charge in [-0.3, -0.25) is 0 Å². The molecule has 116 valence electrons. The van der Waals surface area contributed by atoms with Crippen molar-refractivity contribution in [2.75, 3.05) is 25.4 Å². The van der Waals surface area contributed by atoms with Crippen molar-refractivity contribution < 1.29 is 0 Å². The third-order valence-electron chi connectivity index (χ3n) is 3.69. The van der Waals surface area contributed by atoms with Gasteiger partial charge in [0.1, 0.15) is 5.52 Å². The zero-order valence-corrected chi connectivity index (χ0v) is 15.0. The van der Waals surface area contributed by atoms with Crippen molar-refractivity contribution in [2.45, 2.75) is 19.0 Å². The number of aromatic nitrogens is 4. The highest BCUT2D eigenvalue weighted by Gasteiger charge is 2.10. The van der Waals surface area contributed by atoms with Crippen LogP contribution in [0.25, 0.3) is 22.1 Å². The second-order valence-electron chi connectivity index (χ2n) is 4.98. The molecule has 0 amide bonds. The number of benzene rings is 1. The van der Waals surface area contributed by atoms with Crippen molar-refractivity contribution >= 4 is 49.8 Å². The Morgan fingerprint density at radius 3 is 2.82 bits per heavy atom. The number of aromatic amines is 1. The average Bonchev–Trinajstić information content (AvgIpc) is 2.88. The lowest BCUT2D eigenvalue weighted by Crippen LogP contribution is -2.25. The van der Waals surface area contributed by atoms with Gasteiger partial charge in [0.05, 0.1) is 0 Å². The van der Waals surface area contributed by atoms with Gasteiger partial charge in [-0.15, -0.1) is 10.2 Å². The molecule has 0 bridgehead atoms. The SMILES string of the molecule is CCN(CC)CCSc1nnc2c(n1)[nH]c1ccc(Br)cc12. The molecule has 0 fully saturated rings. The van der Waals surface area contributed by atoms with Crippen molar-refractivity contribution in [3.63, 3.8) is 0 Å². The Kier molecular flexibility index (Phi) is 4.95. The van der Waals surface area contributed by atoms with Gasteiger partial charge in [-0.2, -0.15) is 0 Å². The first-order chi connectivity index (χ1) is 10.7. The summed E-state index contributed by atoms with van der Waals surface area (Å²) in [5.41, 5.74) is 2.66. The van der Waals surface area contributed by atoms with Crippen LogP contribution >= 0.6 is 27.7 Å². The number of thioether (sulfide) groups is 1. The fourth-order valence-electron chi connectivity index (χ4n) is 2.40. The summed E-state index contributed by atoms with van der Waals surface area (Å²) in [4.78, 5) is 10.3. The zero-order chi connectivity index (χ0) is 15.5. The van der Waals surface area contributed by atoms with Gasteiger partial charge < -0.3 is 9.88 Å². The molecule has 0 aliphatic carbocycles. The molecule has 0 aliphatic rings. The Balaban J connectivity index is 1.80. The van der Waals surface area contributed by atoms with Gasteiger partial charge in [0.15, 0.2) is 5.65 Å². The second-order valence-corrected chi connectivity index (χ2v) is 6.96. The van der Waals surface area contributed by atoms with Crippen molar-refractivity contribution in [2.24, 2.45) is 0 Å². The fraction of sp³-hybridized carbons (Fsp3) is 0.400. The highest BCUT2D eigenvalue weighted by molar-refractivity contribution is 9.10. The number of hydrogen-bond donors (Lipinski definition) is 1. The van der Waals surface area contributed by atoms with Crippen LogP contribution in [0.2, 0.25) is 0 Å². The Morgan fingerprint density at radius 2 is 2.05 bits per heavy atom. The van der Waals surface area contributed by atoms with E-state index in [4.69, 9.17) is 0 Å². The highest BCUT2D eigenvalue weighted by atomic mass is 79.9. The predicted molar refractivity (Wildman–Crippen MR) is 95.4 cm³/mol. The number of rotatable bonds is 6. The first-order valence-corrected chi connectivity index (χ1v) is 9.16. The molecule has 22 heavy (non-hydrogen) atoms. The molecule has 0 aliphatic heterocycles. The maximum atomic E-state index is 4.59. The van der Waals surface area contributed by atoms with Gasteiger partial charge in [0, 0.05) is 27.7 Å². The van der Waals surface area contributed by atoms with Crippen molar-refractivity contribution in [3.05, 3.63) is 22.7 Å². The number of nitrogens with one attached hydrogen (secondary N) is 1. The van der Waals surface area contributed by atoms with Gasteiger partial charge in [0.2, 0.25) is 5.16 Å². The van der Waals surface area contributed by atoms with E-state index in [1.807, 2.05) is 18.2 Å². The molecule has 3 rings (SSSR count). The van der Waals surface area contributed by atoms with Crippen LogP contribution in [0.4, 0.5) is 0 Å². The van der Waals surface area contributed by atoms with E-state index in [9.17, 15) is 0 Å². The van der Waals surface area contributed by atoms with Gasteiger partial charge in [-0.1, -0.05) is 41.5 Å². The smallest absolute Gasteiger partial charge is 0.211 e. The van der Waals surface area contributed by atoms with Crippen LogP contribution in [-0.4, -0.2) is 50.5 Å². The van der Waals surface area contributed by atoms with Gasteiger partial charge in [0.25, 0.3) is 0 Å². The van der Waals surface area contributed by atoms with E-state index in [0.717, 1.165) is 57.1 Å². The van der Waals surface area contributed by atoms with Crippen LogP contribution in [0.3, 0.4) is 0 Å². The first kappa shape index (κ1) is 15.7. The molecule has 0 unspecified atom stereocenters. The lowest BCUT2D eigenvalue weighted by atomic mass is 10.2. The number of hydrogen-bond acceptors (Lipinski definition) is 5. The summed E-state index contributed by atoms with van der Waals surface area (Å²) in [6.07, 6.45) is 0. The second kappa shape index (κ2) is 6.93. The summed E-state index contributed by atoms with van der Waals surface area (Å²) in [5.74, 6) is 0.973. The standard InChI is InChI=1S/C15H18BrN5S/c1-3-21(4-2)7-8-22-15-18-14-13(19-20-15)11-9-10(16)5-6-12(11)17-14/h5-6,9H,3-4,7-8H2,1-2H3,(H,17,18,20). The van der Waals surface area contributed by atoms with E-state index in [1.54, 1.807) is 11.8 Å². The van der Waals surface area contributed by atoms with Crippen LogP contribution in [0, 0.1) is 0 Å². The zero-order valence-electron chi connectivity index (χ0n) is 12.6. The van der Waals surface area contributed by atoms with E-state index < -0.39 is 0 Å². The Labute approximate surface area is 142 Å². The normalized spacial score (nSPS) is 11.8. The van der Waals surface area contributed by atoms with Crippen LogP contribution in [-0.2, 0) is 0 Å². The van der Waals surface area contributed by atoms with Crippen molar-refractivity contribution in [1.82, 2.24) is 25.1 Å². The molecule has 0 spiro atoms. The Hall–Kier alpha value is -1.18. The molecule has 2 aromatic heterocycles. The lowest BCUT2D eigenvalue weighted by molar-refractivity contribution is 0.324. The van der Waals surface area contributed by atoms with Crippen LogP contribution in [0.15, 0.2) is 27.8 Å². The Morgan fingerprint density at radius 1 is 1.23 bits per heavy atom. The van der Waals surface area contributed by atoms with E-state index in [0.29, 0.717) is 0 Å². The maximum absolute atomic E-state index is 4.59. The topological polar surface area (TPSA) is 57.7 Å². The van der Waals surface area contributed by atoms with E-state index >= 15 is 0 Å². The van der Waals surface area contributed by atoms with E-state index in [2.05, 4.69) is 54.8 Å². The molecule has 2 heterocycles. The summed E-state index contributed by atoms with van der Waals surface area (Å²) < 4.78 is 1.03. The molecule has 0 saturated carbocycles. The average molecular weight is 380 g/mol. The van der Waals surface area contributed by atoms with E-state index in [1.165, 1.54) is 0 Å². The van der Waals surface area contributed by atoms with Crippen molar-refractivity contribution in [3.8, 4) is 0 Å². The minimum Gasteiger partial charge on any atom is -0.338 e. The number of H-pyrrole nitrogens is 1. The largest absolute Gasteiger partial charge is 0.338 e. The molecular formula is C15H18BrN5S. The predicted octanol–water partition coefficient (Wildman–Crippen LogP) is 3.70. The molecule has 1 N–H and O–H groups in total. The van der Waals surface area contributed by atoms with Gasteiger partial charge >= 0.3 is 0 Å². The molecule has 7 heteroatoms. The molecule has 0 saturated heterocycles. The Bertz CT molecular complexity index is 784. The third kappa shape index (κ3) is 3.26. The van der Waals surface area contributed by atoms with Crippen LogP contribution in [0.5, 0.6) is 0 Å². The quantitative estimate of drug-likeness (QED) is 0.661. The molecular weight excluding hydrogens is 362 g/mol. The molecule has 1 aromatic carbocycles. The minimum absolute atomic E-state index is 0.727. The third-order valence-corrected chi connectivity index (χ3v) is 5.00. The summed E-state index contributed by atoms with van der Waals surface area (Å²) in [5, 5.41) is 10.4. The molecule has 0 atom stereocenters. The fourth-order valence-corrected chi connectivity index (χ4v) is 3.54. The van der Waals surface area contributed by atoms with Crippen LogP contribution < -0.4 is 0 Å². The molecule has 5 nitrogen and oxygen atoms in total. The number of halogens is 1.